The first-order valence-electron chi connectivity index (χ1n) is 21.2. The Morgan fingerprint density at radius 1 is 0.473 bits per heavy atom. The van der Waals surface area contributed by atoms with Crippen molar-refractivity contribution in [2.75, 3.05) is 39.4 Å². The van der Waals surface area contributed by atoms with E-state index in [1.165, 1.54) is 0 Å². The predicted octanol–water partition coefficient (Wildman–Crippen LogP) is 11.3. The fourth-order valence-electron chi connectivity index (χ4n) is 5.52. The van der Waals surface area contributed by atoms with Gasteiger partial charge >= 0.3 is 0 Å². The highest BCUT2D eigenvalue weighted by atomic mass is 16.5. The minimum Gasteiger partial charge on any atom is -0.379 e. The number of carbonyl (C=O) groups is 2. The van der Waals surface area contributed by atoms with Crippen molar-refractivity contribution in [2.45, 2.75) is 123 Å². The number of carbonyl (C=O) groups excluding carboxylic acids is 2. The molecular weight excluding hydrogens is 679 g/mol. The van der Waals surface area contributed by atoms with Crippen LogP contribution >= 0.6 is 0 Å². The van der Waals surface area contributed by atoms with E-state index in [1.54, 1.807) is 0 Å². The Labute approximate surface area is 336 Å². The number of amides is 2. The van der Waals surface area contributed by atoms with Crippen molar-refractivity contribution in [3.63, 3.8) is 0 Å². The average molecular weight is 754 g/mol. The highest BCUT2D eigenvalue weighted by Crippen LogP contribution is 2.05. The van der Waals surface area contributed by atoms with Gasteiger partial charge in [-0.05, 0) is 89.9 Å². The maximum absolute atomic E-state index is 12.6. The van der Waals surface area contributed by atoms with E-state index < -0.39 is 0 Å². The molecule has 2 N–H and O–H groups in total. The SMILES string of the molecule is CC/C=C\C/C=C\C/C=C\C/C=C\C/C=C\C/C=C\CCC(=O)NCC(CNC(=O)CCC/C=C\C/C=C\C/C=C\C/C=C\C/C=C\CC)N1CCOCC1. The lowest BCUT2D eigenvalue weighted by atomic mass is 10.2. The molecule has 1 atom stereocenters. The van der Waals surface area contributed by atoms with Gasteiger partial charge in [-0.3, -0.25) is 14.5 Å². The van der Waals surface area contributed by atoms with Gasteiger partial charge in [-0.15, -0.1) is 0 Å². The van der Waals surface area contributed by atoms with Gasteiger partial charge in [-0.2, -0.15) is 0 Å². The number of nitrogens with one attached hydrogen (secondary N) is 2. The monoisotopic (exact) mass is 754 g/mol. The van der Waals surface area contributed by atoms with E-state index in [1.807, 2.05) is 0 Å². The third-order valence-corrected chi connectivity index (χ3v) is 8.70. The topological polar surface area (TPSA) is 70.7 Å². The molecule has 6 nitrogen and oxygen atoms in total. The van der Waals surface area contributed by atoms with Crippen LogP contribution in [0.25, 0.3) is 0 Å². The average Bonchev–Trinajstić information content (AvgIpc) is 3.20. The lowest BCUT2D eigenvalue weighted by molar-refractivity contribution is -0.121. The first kappa shape index (κ1) is 49.0. The molecule has 1 saturated heterocycles. The summed E-state index contributed by atoms with van der Waals surface area (Å²) < 4.78 is 5.54. The van der Waals surface area contributed by atoms with E-state index in [-0.39, 0.29) is 17.9 Å². The first-order valence-corrected chi connectivity index (χ1v) is 21.2. The fraction of sp³-hybridized carbons (Fsp3) is 0.510. The maximum Gasteiger partial charge on any atom is 0.220 e. The molecule has 2 amide bonds. The molecule has 0 aromatic carbocycles. The molecule has 6 heteroatoms. The van der Waals surface area contributed by atoms with Crippen molar-refractivity contribution >= 4 is 11.8 Å². The first-order chi connectivity index (χ1) is 27.2. The summed E-state index contributed by atoms with van der Waals surface area (Å²) in [5, 5.41) is 6.22. The summed E-state index contributed by atoms with van der Waals surface area (Å²) in [6, 6.07) is 0.0497. The van der Waals surface area contributed by atoms with E-state index in [0.717, 1.165) is 96.6 Å². The van der Waals surface area contributed by atoms with Crippen LogP contribution in [-0.4, -0.2) is 62.1 Å². The zero-order valence-corrected chi connectivity index (χ0v) is 34.5. The largest absolute Gasteiger partial charge is 0.379 e. The van der Waals surface area contributed by atoms with Crippen LogP contribution in [-0.2, 0) is 14.3 Å². The normalized spacial score (nSPS) is 15.6. The van der Waals surface area contributed by atoms with Crippen LogP contribution in [0.3, 0.4) is 0 Å². The summed E-state index contributed by atoms with van der Waals surface area (Å²) in [6.07, 6.45) is 62.4. The Morgan fingerprint density at radius 2 is 0.800 bits per heavy atom. The van der Waals surface area contributed by atoms with E-state index in [4.69, 9.17) is 4.74 Å². The smallest absolute Gasteiger partial charge is 0.220 e. The summed E-state index contributed by atoms with van der Waals surface area (Å²) in [7, 11) is 0. The van der Waals surface area contributed by atoms with Gasteiger partial charge in [0.1, 0.15) is 0 Å². The maximum atomic E-state index is 12.6. The molecule has 0 bridgehead atoms. The third-order valence-electron chi connectivity index (χ3n) is 8.70. The van der Waals surface area contributed by atoms with Crippen LogP contribution in [0.4, 0.5) is 0 Å². The summed E-state index contributed by atoms with van der Waals surface area (Å²) in [6.45, 7) is 8.31. The highest BCUT2D eigenvalue weighted by Gasteiger charge is 2.22. The Bertz CT molecular complexity index is 1270. The van der Waals surface area contributed by atoms with Gasteiger partial charge in [0.25, 0.3) is 0 Å². The molecule has 1 aliphatic rings. The van der Waals surface area contributed by atoms with Crippen LogP contribution < -0.4 is 10.6 Å². The van der Waals surface area contributed by atoms with Crippen LogP contribution in [0.2, 0.25) is 0 Å². The molecule has 1 heterocycles. The Balaban J connectivity index is 2.19. The molecule has 0 spiro atoms. The van der Waals surface area contributed by atoms with E-state index in [9.17, 15) is 9.59 Å². The van der Waals surface area contributed by atoms with E-state index in [0.29, 0.717) is 45.6 Å². The number of ether oxygens (including phenoxy) is 1. The fourth-order valence-corrected chi connectivity index (χ4v) is 5.52. The standard InChI is InChI=1S/C49H75N3O3/c1-3-5-7-9-11-13-15-17-19-21-22-24-26-28-30-32-34-36-38-40-49(54)51-46-47(52-41-43-55-44-42-52)45-50-48(53)39-37-35-33-31-29-27-25-23-20-18-16-14-12-10-8-6-4-2/h5-8,11-14,17-20,22,24-25,27-28,30-31,33-34,36,47H,3-4,9-10,15-16,21,23,26,29,32,35,37-46H2,1-2H3,(H,50,53)(H,51,54)/b7-5-,8-6-,13-11-,14-12-,19-17-,20-18-,24-22-,27-25-,30-28-,33-31-,36-34-. The van der Waals surface area contributed by atoms with Crippen LogP contribution in [0.15, 0.2) is 134 Å². The lowest BCUT2D eigenvalue weighted by Crippen LogP contribution is -2.53. The van der Waals surface area contributed by atoms with Crippen molar-refractivity contribution in [2.24, 2.45) is 0 Å². The number of morpholine rings is 1. The summed E-state index contributed by atoms with van der Waals surface area (Å²) in [5.74, 6) is 0.107. The summed E-state index contributed by atoms with van der Waals surface area (Å²) in [5.41, 5.74) is 0. The van der Waals surface area contributed by atoms with E-state index in [2.05, 4.69) is 163 Å². The van der Waals surface area contributed by atoms with Crippen LogP contribution in [0.1, 0.15) is 117 Å². The molecule has 1 unspecified atom stereocenters. The summed E-state index contributed by atoms with van der Waals surface area (Å²) >= 11 is 0. The highest BCUT2D eigenvalue weighted by molar-refractivity contribution is 5.76. The van der Waals surface area contributed by atoms with Gasteiger partial charge < -0.3 is 15.4 Å². The van der Waals surface area contributed by atoms with Gasteiger partial charge in [0.05, 0.1) is 13.2 Å². The molecule has 1 rings (SSSR count). The second-order valence-corrected chi connectivity index (χ2v) is 13.5. The quantitative estimate of drug-likeness (QED) is 0.0530. The Morgan fingerprint density at radius 3 is 1.18 bits per heavy atom. The minimum absolute atomic E-state index is 0.0428. The summed E-state index contributed by atoms with van der Waals surface area (Å²) in [4.78, 5) is 27.5. The molecular formula is C49H75N3O3. The molecule has 0 aliphatic carbocycles. The van der Waals surface area contributed by atoms with Gasteiger partial charge in [-0.1, -0.05) is 148 Å². The van der Waals surface area contributed by atoms with Crippen molar-refractivity contribution in [1.29, 1.82) is 0 Å². The molecule has 0 aromatic rings. The van der Waals surface area contributed by atoms with Gasteiger partial charge in [-0.25, -0.2) is 0 Å². The zero-order valence-electron chi connectivity index (χ0n) is 34.5. The predicted molar refractivity (Wildman–Crippen MR) is 238 cm³/mol. The Kier molecular flexibility index (Phi) is 35.4. The minimum atomic E-state index is 0.0428. The molecule has 0 saturated carbocycles. The van der Waals surface area contributed by atoms with E-state index >= 15 is 0 Å². The lowest BCUT2D eigenvalue weighted by Gasteiger charge is -2.34. The number of unbranched alkanes of at least 4 members (excludes halogenated alkanes) is 1. The molecule has 0 aromatic heterocycles. The second-order valence-electron chi connectivity index (χ2n) is 13.5. The van der Waals surface area contributed by atoms with Gasteiger partial charge in [0, 0.05) is 45.1 Å². The van der Waals surface area contributed by atoms with Crippen molar-refractivity contribution in [1.82, 2.24) is 15.5 Å². The number of allylic oxidation sites excluding steroid dienone is 22. The van der Waals surface area contributed by atoms with Crippen LogP contribution in [0, 0.1) is 0 Å². The van der Waals surface area contributed by atoms with Crippen molar-refractivity contribution < 1.29 is 14.3 Å². The molecule has 55 heavy (non-hydrogen) atoms. The number of nitrogens with zero attached hydrogens (tertiary/aromatic N) is 1. The van der Waals surface area contributed by atoms with Crippen molar-refractivity contribution in [3.8, 4) is 0 Å². The number of hydrogen-bond acceptors (Lipinski definition) is 4. The Hall–Kier alpha value is -4.00. The molecule has 0 radical (unpaired) electrons. The van der Waals surface area contributed by atoms with Gasteiger partial charge in [0.15, 0.2) is 0 Å². The number of rotatable bonds is 32. The molecule has 304 valence electrons. The third kappa shape index (κ3) is 34.2. The molecule has 1 aliphatic heterocycles. The van der Waals surface area contributed by atoms with Crippen molar-refractivity contribution in [3.05, 3.63) is 134 Å². The second kappa shape index (κ2) is 39.7. The number of hydrogen-bond donors (Lipinski definition) is 2. The van der Waals surface area contributed by atoms with Crippen LogP contribution in [0.5, 0.6) is 0 Å². The molecule has 1 fully saturated rings. The van der Waals surface area contributed by atoms with Gasteiger partial charge in [0.2, 0.25) is 11.8 Å². The zero-order chi connectivity index (χ0) is 39.5.